The normalized spacial score (nSPS) is 19.4. The smallest absolute Gasteiger partial charge is 0.263 e. The Balaban J connectivity index is 1.23. The number of piperidine rings is 1. The van der Waals surface area contributed by atoms with Gasteiger partial charge in [-0.3, -0.25) is 9.59 Å². The van der Waals surface area contributed by atoms with Crippen molar-refractivity contribution in [1.82, 2.24) is 9.80 Å². The molecule has 4 heterocycles. The predicted octanol–water partition coefficient (Wildman–Crippen LogP) is 1.59. The first-order valence-electron chi connectivity index (χ1n) is 9.68. The van der Waals surface area contributed by atoms with E-state index in [0.29, 0.717) is 19.0 Å². The molecule has 0 aromatic carbocycles. The number of quaternary nitrogens is 1. The molecular formula is C20H26N3O2S2+. The van der Waals surface area contributed by atoms with Crippen molar-refractivity contribution >= 4 is 34.5 Å². The number of hydrogen-bond donors (Lipinski definition) is 1. The summed E-state index contributed by atoms with van der Waals surface area (Å²) in [4.78, 5) is 33.1. The van der Waals surface area contributed by atoms with Crippen molar-refractivity contribution in [2.75, 3.05) is 39.3 Å². The van der Waals surface area contributed by atoms with Crippen molar-refractivity contribution in [3.63, 3.8) is 0 Å². The van der Waals surface area contributed by atoms with Crippen LogP contribution in [0.5, 0.6) is 0 Å². The van der Waals surface area contributed by atoms with E-state index < -0.39 is 0 Å². The molecule has 2 aromatic heterocycles. The van der Waals surface area contributed by atoms with Crippen LogP contribution in [0.4, 0.5) is 0 Å². The topological polar surface area (TPSA) is 45.1 Å². The summed E-state index contributed by atoms with van der Waals surface area (Å²) >= 11 is 3.30. The molecule has 2 aliphatic heterocycles. The monoisotopic (exact) mass is 404 g/mol. The maximum Gasteiger partial charge on any atom is 0.263 e. The Morgan fingerprint density at radius 2 is 1.67 bits per heavy atom. The third kappa shape index (κ3) is 4.42. The minimum atomic E-state index is 0.0798. The van der Waals surface area contributed by atoms with E-state index in [9.17, 15) is 9.59 Å². The van der Waals surface area contributed by atoms with E-state index in [1.165, 1.54) is 16.2 Å². The highest BCUT2D eigenvalue weighted by Gasteiger charge is 2.33. The molecule has 1 N–H and O–H groups in total. The first kappa shape index (κ1) is 18.7. The Morgan fingerprint density at radius 1 is 0.963 bits per heavy atom. The number of carbonyl (C=O) groups is 2. The van der Waals surface area contributed by atoms with Gasteiger partial charge in [-0.1, -0.05) is 12.1 Å². The minimum Gasteiger partial charge on any atom is -0.338 e. The summed E-state index contributed by atoms with van der Waals surface area (Å²) in [6, 6.07) is 8.09. The van der Waals surface area contributed by atoms with E-state index in [0.717, 1.165) is 50.4 Å². The lowest BCUT2D eigenvalue weighted by molar-refractivity contribution is -0.917. The van der Waals surface area contributed by atoms with Gasteiger partial charge in [-0.25, -0.2) is 0 Å². The zero-order valence-electron chi connectivity index (χ0n) is 15.4. The van der Waals surface area contributed by atoms with Gasteiger partial charge in [-0.2, -0.15) is 0 Å². The number of thiophene rings is 2. The zero-order valence-corrected chi connectivity index (χ0v) is 17.1. The minimum absolute atomic E-state index is 0.0798. The molecule has 5 nitrogen and oxygen atoms in total. The van der Waals surface area contributed by atoms with Crippen LogP contribution in [0.3, 0.4) is 0 Å². The van der Waals surface area contributed by atoms with Crippen LogP contribution in [0.1, 0.15) is 27.4 Å². The third-order valence-electron chi connectivity index (χ3n) is 5.65. The molecule has 0 bridgehead atoms. The SMILES string of the molecule is O=C(c1cccs1)N1CCC(C(=O)N2CC[NH+](Cc3cccs3)CC2)CC1. The molecule has 2 amide bonds. The molecular weight excluding hydrogens is 378 g/mol. The maximum atomic E-state index is 12.9. The average molecular weight is 405 g/mol. The second kappa shape index (κ2) is 8.54. The first-order chi connectivity index (χ1) is 13.2. The van der Waals surface area contributed by atoms with Gasteiger partial charge in [0.15, 0.2) is 0 Å². The molecule has 4 rings (SSSR count). The Kier molecular flexibility index (Phi) is 5.90. The number of rotatable bonds is 4. The second-order valence-electron chi connectivity index (χ2n) is 7.38. The molecule has 0 radical (unpaired) electrons. The summed E-state index contributed by atoms with van der Waals surface area (Å²) < 4.78 is 0. The molecule has 0 saturated carbocycles. The standard InChI is InChI=1S/C20H25N3O2S2/c24-19(23-11-9-21(10-12-23)15-17-3-1-13-26-17)16-5-7-22(8-6-16)20(25)18-4-2-14-27-18/h1-4,13-14,16H,5-12,15H2/p+1. The Labute approximate surface area is 168 Å². The summed E-state index contributed by atoms with van der Waals surface area (Å²) in [6.45, 7) is 6.22. The van der Waals surface area contributed by atoms with Gasteiger partial charge in [0.25, 0.3) is 5.91 Å². The number of hydrogen-bond acceptors (Lipinski definition) is 4. The Bertz CT molecular complexity index is 744. The summed E-state index contributed by atoms with van der Waals surface area (Å²) in [6.07, 6.45) is 1.58. The van der Waals surface area contributed by atoms with Gasteiger partial charge in [-0.05, 0) is 35.7 Å². The van der Waals surface area contributed by atoms with Crippen molar-refractivity contribution in [1.29, 1.82) is 0 Å². The van der Waals surface area contributed by atoms with Crippen molar-refractivity contribution < 1.29 is 14.5 Å². The highest BCUT2D eigenvalue weighted by atomic mass is 32.1. The summed E-state index contributed by atoms with van der Waals surface area (Å²) in [5.74, 6) is 0.492. The quantitative estimate of drug-likeness (QED) is 0.841. The van der Waals surface area contributed by atoms with Crippen LogP contribution in [-0.2, 0) is 11.3 Å². The van der Waals surface area contributed by atoms with E-state index in [1.54, 1.807) is 4.90 Å². The van der Waals surface area contributed by atoms with Gasteiger partial charge in [0.2, 0.25) is 5.91 Å². The van der Waals surface area contributed by atoms with E-state index >= 15 is 0 Å². The molecule has 0 atom stereocenters. The summed E-state index contributed by atoms with van der Waals surface area (Å²) in [5.41, 5.74) is 0. The largest absolute Gasteiger partial charge is 0.338 e. The fourth-order valence-corrected chi connectivity index (χ4v) is 5.49. The van der Waals surface area contributed by atoms with E-state index in [1.807, 2.05) is 33.7 Å². The fourth-order valence-electron chi connectivity index (χ4n) is 4.02. The van der Waals surface area contributed by atoms with Gasteiger partial charge >= 0.3 is 0 Å². The van der Waals surface area contributed by atoms with Crippen LogP contribution in [0.25, 0.3) is 0 Å². The molecule has 0 spiro atoms. The number of piperazine rings is 1. The number of likely N-dealkylation sites (tertiary alicyclic amines) is 1. The molecule has 2 fully saturated rings. The van der Waals surface area contributed by atoms with Crippen molar-refractivity contribution in [2.45, 2.75) is 19.4 Å². The van der Waals surface area contributed by atoms with Crippen LogP contribution >= 0.6 is 22.7 Å². The molecule has 7 heteroatoms. The van der Waals surface area contributed by atoms with Gasteiger partial charge < -0.3 is 14.7 Å². The van der Waals surface area contributed by atoms with E-state index in [4.69, 9.17) is 0 Å². The number of nitrogens with one attached hydrogen (secondary N) is 1. The lowest BCUT2D eigenvalue weighted by Crippen LogP contribution is -3.13. The van der Waals surface area contributed by atoms with Crippen LogP contribution in [0.15, 0.2) is 35.0 Å². The second-order valence-corrected chi connectivity index (χ2v) is 9.36. The summed E-state index contributed by atoms with van der Waals surface area (Å²) in [5, 5.41) is 4.06. The maximum absolute atomic E-state index is 12.9. The van der Waals surface area contributed by atoms with Gasteiger partial charge in [0.1, 0.15) is 6.54 Å². The highest BCUT2D eigenvalue weighted by molar-refractivity contribution is 7.12. The average Bonchev–Trinajstić information content (AvgIpc) is 3.42. The van der Waals surface area contributed by atoms with E-state index in [2.05, 4.69) is 22.4 Å². The molecule has 2 aliphatic rings. The lowest BCUT2D eigenvalue weighted by Gasteiger charge is -2.37. The number of amides is 2. The molecule has 2 saturated heterocycles. The van der Waals surface area contributed by atoms with Gasteiger partial charge in [0.05, 0.1) is 35.9 Å². The number of carbonyl (C=O) groups excluding carboxylic acids is 2. The highest BCUT2D eigenvalue weighted by Crippen LogP contribution is 2.22. The molecule has 0 aliphatic carbocycles. The molecule has 144 valence electrons. The molecule has 2 aromatic rings. The van der Waals surface area contributed by atoms with Crippen molar-refractivity contribution in [2.24, 2.45) is 5.92 Å². The van der Waals surface area contributed by atoms with Crippen LogP contribution in [-0.4, -0.2) is 60.9 Å². The third-order valence-corrected chi connectivity index (χ3v) is 7.38. The predicted molar refractivity (Wildman–Crippen MR) is 108 cm³/mol. The Morgan fingerprint density at radius 3 is 2.30 bits per heavy atom. The lowest BCUT2D eigenvalue weighted by atomic mass is 9.95. The van der Waals surface area contributed by atoms with Crippen LogP contribution in [0, 0.1) is 5.92 Å². The number of nitrogens with zero attached hydrogens (tertiary/aromatic N) is 2. The van der Waals surface area contributed by atoms with Crippen molar-refractivity contribution in [3.8, 4) is 0 Å². The van der Waals surface area contributed by atoms with Crippen molar-refractivity contribution in [3.05, 3.63) is 44.8 Å². The summed E-state index contributed by atoms with van der Waals surface area (Å²) in [7, 11) is 0. The van der Waals surface area contributed by atoms with Gasteiger partial charge in [0, 0.05) is 19.0 Å². The molecule has 27 heavy (non-hydrogen) atoms. The van der Waals surface area contributed by atoms with Crippen LogP contribution < -0.4 is 4.90 Å². The fraction of sp³-hybridized carbons (Fsp3) is 0.500. The first-order valence-corrected chi connectivity index (χ1v) is 11.4. The zero-order chi connectivity index (χ0) is 18.6. The Hall–Kier alpha value is -1.70. The molecule has 0 unspecified atom stereocenters. The van der Waals surface area contributed by atoms with Crippen LogP contribution in [0.2, 0.25) is 0 Å². The van der Waals surface area contributed by atoms with E-state index in [-0.39, 0.29) is 11.8 Å². The van der Waals surface area contributed by atoms with Gasteiger partial charge in [-0.15, -0.1) is 22.7 Å².